The highest BCUT2D eigenvalue weighted by molar-refractivity contribution is 5.75. The third-order valence-corrected chi connectivity index (χ3v) is 5.27. The van der Waals surface area contributed by atoms with Crippen LogP contribution in [0.1, 0.15) is 44.7 Å². The van der Waals surface area contributed by atoms with Crippen molar-refractivity contribution in [1.82, 2.24) is 0 Å². The predicted octanol–water partition coefficient (Wildman–Crippen LogP) is 5.24. The van der Waals surface area contributed by atoms with Crippen LogP contribution in [-0.2, 0) is 22.6 Å². The standard InChI is InChI=1S/C24H31NO2/c1-24(2,3)23(26)27-18-21-11-9-19(10-12-21)17-20-13-15-25(16-14-20)22-7-5-4-6-8-22/h4-12,20H,13-18H2,1-3H3. The molecule has 1 heterocycles. The number of carbonyl (C=O) groups excluding carboxylic acids is 1. The zero-order valence-corrected chi connectivity index (χ0v) is 16.8. The van der Waals surface area contributed by atoms with Gasteiger partial charge in [-0.25, -0.2) is 0 Å². The topological polar surface area (TPSA) is 29.5 Å². The van der Waals surface area contributed by atoms with Gasteiger partial charge < -0.3 is 9.64 Å². The molecule has 1 aliphatic heterocycles. The van der Waals surface area contributed by atoms with E-state index in [2.05, 4.69) is 59.5 Å². The lowest BCUT2D eigenvalue weighted by Gasteiger charge is -2.33. The van der Waals surface area contributed by atoms with Gasteiger partial charge in [0.2, 0.25) is 0 Å². The Bertz CT molecular complexity index is 723. The van der Waals surface area contributed by atoms with Crippen molar-refractivity contribution >= 4 is 11.7 Å². The van der Waals surface area contributed by atoms with Gasteiger partial charge >= 0.3 is 5.97 Å². The average Bonchev–Trinajstić information content (AvgIpc) is 2.68. The minimum Gasteiger partial charge on any atom is -0.460 e. The summed E-state index contributed by atoms with van der Waals surface area (Å²) in [6.07, 6.45) is 3.60. The molecule has 1 aliphatic rings. The summed E-state index contributed by atoms with van der Waals surface area (Å²) in [5, 5.41) is 0. The molecule has 0 bridgehead atoms. The zero-order chi connectivity index (χ0) is 19.3. The van der Waals surface area contributed by atoms with E-state index in [1.165, 1.54) is 24.1 Å². The van der Waals surface area contributed by atoms with E-state index in [1.807, 2.05) is 20.8 Å². The van der Waals surface area contributed by atoms with Crippen molar-refractivity contribution < 1.29 is 9.53 Å². The van der Waals surface area contributed by atoms with E-state index in [-0.39, 0.29) is 5.97 Å². The highest BCUT2D eigenvalue weighted by Crippen LogP contribution is 2.26. The van der Waals surface area contributed by atoms with Crippen LogP contribution >= 0.6 is 0 Å². The van der Waals surface area contributed by atoms with Crippen molar-refractivity contribution in [2.45, 2.75) is 46.6 Å². The second-order valence-corrected chi connectivity index (χ2v) is 8.61. The maximum absolute atomic E-state index is 11.9. The first-order valence-electron chi connectivity index (χ1n) is 9.97. The maximum atomic E-state index is 11.9. The summed E-state index contributed by atoms with van der Waals surface area (Å²) < 4.78 is 5.39. The summed E-state index contributed by atoms with van der Waals surface area (Å²) in [6, 6.07) is 19.2. The Morgan fingerprint density at radius 2 is 1.56 bits per heavy atom. The number of nitrogens with zero attached hydrogens (tertiary/aromatic N) is 1. The molecule has 0 amide bonds. The van der Waals surface area contributed by atoms with Gasteiger partial charge in [0, 0.05) is 18.8 Å². The summed E-state index contributed by atoms with van der Waals surface area (Å²) in [6.45, 7) is 8.25. The summed E-state index contributed by atoms with van der Waals surface area (Å²) in [5.41, 5.74) is 3.31. The summed E-state index contributed by atoms with van der Waals surface area (Å²) in [4.78, 5) is 14.4. The van der Waals surface area contributed by atoms with Gasteiger partial charge in [-0.15, -0.1) is 0 Å². The Labute approximate surface area is 163 Å². The van der Waals surface area contributed by atoms with E-state index in [9.17, 15) is 4.79 Å². The maximum Gasteiger partial charge on any atom is 0.311 e. The lowest BCUT2D eigenvalue weighted by molar-refractivity contribution is -0.154. The van der Waals surface area contributed by atoms with Crippen molar-refractivity contribution in [3.63, 3.8) is 0 Å². The van der Waals surface area contributed by atoms with Crippen molar-refractivity contribution in [1.29, 1.82) is 0 Å². The van der Waals surface area contributed by atoms with E-state index in [1.54, 1.807) is 0 Å². The van der Waals surface area contributed by atoms with Gasteiger partial charge in [-0.05, 0) is 69.2 Å². The van der Waals surface area contributed by atoms with Gasteiger partial charge in [-0.2, -0.15) is 0 Å². The number of hydrogen-bond acceptors (Lipinski definition) is 3. The van der Waals surface area contributed by atoms with Crippen LogP contribution in [0.4, 0.5) is 5.69 Å². The molecular formula is C24H31NO2. The van der Waals surface area contributed by atoms with Crippen LogP contribution in [0.15, 0.2) is 54.6 Å². The van der Waals surface area contributed by atoms with Crippen LogP contribution in [-0.4, -0.2) is 19.1 Å². The van der Waals surface area contributed by atoms with Crippen LogP contribution in [0.2, 0.25) is 0 Å². The first kappa shape index (κ1) is 19.5. The molecule has 3 nitrogen and oxygen atoms in total. The number of carbonyl (C=O) groups is 1. The van der Waals surface area contributed by atoms with Crippen LogP contribution in [0, 0.1) is 11.3 Å². The average molecular weight is 366 g/mol. The summed E-state index contributed by atoms with van der Waals surface area (Å²) in [7, 11) is 0. The summed E-state index contributed by atoms with van der Waals surface area (Å²) in [5.74, 6) is 0.589. The van der Waals surface area contributed by atoms with Crippen LogP contribution in [0.3, 0.4) is 0 Å². The van der Waals surface area contributed by atoms with Crippen LogP contribution in [0.5, 0.6) is 0 Å². The van der Waals surface area contributed by atoms with Gasteiger partial charge in [0.25, 0.3) is 0 Å². The third kappa shape index (κ3) is 5.59. The first-order chi connectivity index (χ1) is 12.9. The first-order valence-corrected chi connectivity index (χ1v) is 9.97. The number of hydrogen-bond donors (Lipinski definition) is 0. The number of benzene rings is 2. The van der Waals surface area contributed by atoms with E-state index in [0.29, 0.717) is 6.61 Å². The molecule has 0 unspecified atom stereocenters. The zero-order valence-electron chi connectivity index (χ0n) is 16.8. The molecule has 2 aromatic carbocycles. The molecule has 1 fully saturated rings. The number of ether oxygens (including phenoxy) is 1. The molecule has 0 saturated carbocycles. The Morgan fingerprint density at radius 3 is 2.15 bits per heavy atom. The van der Waals surface area contributed by atoms with E-state index >= 15 is 0 Å². The van der Waals surface area contributed by atoms with Crippen LogP contribution in [0.25, 0.3) is 0 Å². The van der Waals surface area contributed by atoms with Crippen molar-refractivity contribution in [2.75, 3.05) is 18.0 Å². The SMILES string of the molecule is CC(C)(C)C(=O)OCc1ccc(CC2CCN(c3ccccc3)CC2)cc1. The fourth-order valence-corrected chi connectivity index (χ4v) is 3.50. The highest BCUT2D eigenvalue weighted by atomic mass is 16.5. The molecule has 0 aromatic heterocycles. The highest BCUT2D eigenvalue weighted by Gasteiger charge is 2.23. The van der Waals surface area contributed by atoms with Gasteiger partial charge in [-0.3, -0.25) is 4.79 Å². The lowest BCUT2D eigenvalue weighted by Crippen LogP contribution is -2.34. The number of anilines is 1. The predicted molar refractivity (Wildman–Crippen MR) is 111 cm³/mol. The molecule has 0 atom stereocenters. The Hall–Kier alpha value is -2.29. The molecule has 0 N–H and O–H groups in total. The van der Waals surface area contributed by atoms with Gasteiger partial charge in [0.15, 0.2) is 0 Å². The molecule has 3 rings (SSSR count). The largest absolute Gasteiger partial charge is 0.460 e. The molecule has 144 valence electrons. The molecule has 1 saturated heterocycles. The summed E-state index contributed by atoms with van der Waals surface area (Å²) >= 11 is 0. The Balaban J connectivity index is 1.46. The minimum atomic E-state index is -0.450. The van der Waals surface area contributed by atoms with Crippen molar-refractivity contribution in [3.05, 3.63) is 65.7 Å². The van der Waals surface area contributed by atoms with Gasteiger partial charge in [0.05, 0.1) is 5.41 Å². The van der Waals surface area contributed by atoms with Crippen LogP contribution < -0.4 is 4.90 Å². The minimum absolute atomic E-state index is 0.156. The number of para-hydroxylation sites is 1. The quantitative estimate of drug-likeness (QED) is 0.679. The van der Waals surface area contributed by atoms with Gasteiger partial charge in [-0.1, -0.05) is 42.5 Å². The lowest BCUT2D eigenvalue weighted by atomic mass is 9.89. The number of rotatable bonds is 5. The number of esters is 1. The van der Waals surface area contributed by atoms with Gasteiger partial charge in [0.1, 0.15) is 6.61 Å². The molecule has 0 radical (unpaired) electrons. The van der Waals surface area contributed by atoms with Crippen molar-refractivity contribution in [3.8, 4) is 0 Å². The van der Waals surface area contributed by atoms with E-state index in [4.69, 9.17) is 4.74 Å². The Morgan fingerprint density at radius 1 is 0.963 bits per heavy atom. The number of piperidine rings is 1. The second kappa shape index (κ2) is 8.60. The van der Waals surface area contributed by atoms with E-state index < -0.39 is 5.41 Å². The molecule has 0 spiro atoms. The third-order valence-electron chi connectivity index (χ3n) is 5.27. The molecule has 27 heavy (non-hydrogen) atoms. The Kier molecular flexibility index (Phi) is 6.20. The fourth-order valence-electron chi connectivity index (χ4n) is 3.50. The molecule has 0 aliphatic carbocycles. The molecule has 2 aromatic rings. The molecule has 3 heteroatoms. The van der Waals surface area contributed by atoms with E-state index in [0.717, 1.165) is 31.0 Å². The second-order valence-electron chi connectivity index (χ2n) is 8.61. The van der Waals surface area contributed by atoms with Crippen molar-refractivity contribution in [2.24, 2.45) is 11.3 Å². The fraction of sp³-hybridized carbons (Fsp3) is 0.458. The molecular weight excluding hydrogens is 334 g/mol. The smallest absolute Gasteiger partial charge is 0.311 e. The normalized spacial score (nSPS) is 15.6. The monoisotopic (exact) mass is 365 g/mol.